The molecular formula is C18H29N3O2. The summed E-state index contributed by atoms with van der Waals surface area (Å²) in [6.07, 6.45) is 2.99. The fourth-order valence-corrected chi connectivity index (χ4v) is 2.57. The van der Waals surface area contributed by atoms with Crippen LogP contribution in [0.25, 0.3) is 0 Å². The van der Waals surface area contributed by atoms with E-state index in [1.165, 1.54) is 4.90 Å². The number of pyridine rings is 1. The van der Waals surface area contributed by atoms with Crippen LogP contribution in [0.5, 0.6) is 0 Å². The van der Waals surface area contributed by atoms with E-state index >= 15 is 0 Å². The van der Waals surface area contributed by atoms with E-state index in [0.29, 0.717) is 13.0 Å². The van der Waals surface area contributed by atoms with Gasteiger partial charge in [0.05, 0.1) is 11.7 Å². The van der Waals surface area contributed by atoms with Crippen molar-refractivity contribution in [1.82, 2.24) is 9.88 Å². The molecular weight excluding hydrogens is 290 g/mol. The predicted octanol–water partition coefficient (Wildman–Crippen LogP) is 3.71. The number of aromatic nitrogens is 1. The summed E-state index contributed by atoms with van der Waals surface area (Å²) in [6.45, 7) is 14.0. The number of nitrogens with zero attached hydrogens (tertiary/aromatic N) is 2. The van der Waals surface area contributed by atoms with Crippen LogP contribution in [0, 0.1) is 0 Å². The Labute approximate surface area is 139 Å². The van der Waals surface area contributed by atoms with E-state index in [4.69, 9.17) is 5.73 Å². The van der Waals surface area contributed by atoms with Gasteiger partial charge in [0.15, 0.2) is 0 Å². The van der Waals surface area contributed by atoms with Crippen LogP contribution in [0.2, 0.25) is 0 Å². The van der Waals surface area contributed by atoms with E-state index in [1.54, 1.807) is 12.3 Å². The van der Waals surface area contributed by atoms with Gasteiger partial charge in [-0.1, -0.05) is 19.9 Å². The number of nitrogens with two attached hydrogens (primary N) is 1. The van der Waals surface area contributed by atoms with E-state index in [0.717, 1.165) is 11.3 Å². The summed E-state index contributed by atoms with van der Waals surface area (Å²) in [5.41, 5.74) is 6.91. The Morgan fingerprint density at radius 2 is 2.04 bits per heavy atom. The highest BCUT2D eigenvalue weighted by atomic mass is 16.4. The van der Waals surface area contributed by atoms with Crippen molar-refractivity contribution in [2.24, 2.45) is 5.73 Å². The second-order valence-corrected chi connectivity index (χ2v) is 7.42. The molecule has 0 saturated carbocycles. The molecule has 0 aliphatic carbocycles. The zero-order chi connectivity index (χ0) is 17.8. The van der Waals surface area contributed by atoms with Crippen LogP contribution < -0.4 is 5.73 Å². The molecule has 0 bridgehead atoms. The van der Waals surface area contributed by atoms with Crippen molar-refractivity contribution in [2.75, 3.05) is 6.54 Å². The fraction of sp³-hybridized carbons (Fsp3) is 0.556. The van der Waals surface area contributed by atoms with Gasteiger partial charge in [-0.2, -0.15) is 0 Å². The summed E-state index contributed by atoms with van der Waals surface area (Å²) in [4.78, 5) is 17.7. The van der Waals surface area contributed by atoms with E-state index in [1.807, 2.05) is 32.9 Å². The predicted molar refractivity (Wildman–Crippen MR) is 93.5 cm³/mol. The van der Waals surface area contributed by atoms with Gasteiger partial charge < -0.3 is 10.8 Å². The Kier molecular flexibility index (Phi) is 5.94. The molecule has 128 valence electrons. The van der Waals surface area contributed by atoms with E-state index in [9.17, 15) is 9.90 Å². The molecule has 0 fully saturated rings. The first-order chi connectivity index (χ1) is 10.5. The average molecular weight is 319 g/mol. The Balaban J connectivity index is 3.38. The summed E-state index contributed by atoms with van der Waals surface area (Å²) >= 11 is 0. The summed E-state index contributed by atoms with van der Waals surface area (Å²) in [6, 6.07) is 3.52. The molecule has 1 aromatic rings. The third-order valence-electron chi connectivity index (χ3n) is 4.04. The molecule has 3 N–H and O–H groups in total. The molecule has 1 heterocycles. The first-order valence-electron chi connectivity index (χ1n) is 7.84. The van der Waals surface area contributed by atoms with Crippen molar-refractivity contribution >= 4 is 6.09 Å². The maximum absolute atomic E-state index is 11.8. The van der Waals surface area contributed by atoms with Crippen molar-refractivity contribution in [3.8, 4) is 0 Å². The van der Waals surface area contributed by atoms with Crippen molar-refractivity contribution in [3.05, 3.63) is 42.2 Å². The van der Waals surface area contributed by atoms with Gasteiger partial charge in [-0.25, -0.2) is 4.79 Å². The molecule has 0 aliphatic rings. The number of amides is 1. The van der Waals surface area contributed by atoms with Crippen LogP contribution in [0.3, 0.4) is 0 Å². The second kappa shape index (κ2) is 7.13. The van der Waals surface area contributed by atoms with Crippen LogP contribution in [0.15, 0.2) is 31.0 Å². The van der Waals surface area contributed by atoms with Gasteiger partial charge in [0.25, 0.3) is 0 Å². The monoisotopic (exact) mass is 319 g/mol. The molecule has 1 rings (SSSR count). The summed E-state index contributed by atoms with van der Waals surface area (Å²) in [5.74, 6) is 0. The number of rotatable bonds is 6. The lowest BCUT2D eigenvalue weighted by Crippen LogP contribution is -2.47. The standard InChI is InChI=1S/C18H29N3O2/c1-7-8-15(21(16(22)23)17(2,3)4)14-11-13(9-10-20-14)18(5,6)12-19/h7,9-11,15H,1,8,12,19H2,2-6H3,(H,22,23)/t15-/m0/s1. The molecule has 0 saturated heterocycles. The number of carbonyl (C=O) groups is 1. The lowest BCUT2D eigenvalue weighted by atomic mass is 9.84. The van der Waals surface area contributed by atoms with E-state index in [2.05, 4.69) is 25.4 Å². The maximum atomic E-state index is 11.8. The normalized spacial score (nSPS) is 13.5. The second-order valence-electron chi connectivity index (χ2n) is 7.42. The molecule has 23 heavy (non-hydrogen) atoms. The number of carboxylic acid groups (broad SMARTS) is 1. The van der Waals surface area contributed by atoms with Gasteiger partial charge >= 0.3 is 6.09 Å². The Hall–Kier alpha value is -1.88. The average Bonchev–Trinajstić information content (AvgIpc) is 2.45. The van der Waals surface area contributed by atoms with Gasteiger partial charge in [-0.3, -0.25) is 9.88 Å². The zero-order valence-electron chi connectivity index (χ0n) is 14.8. The summed E-state index contributed by atoms with van der Waals surface area (Å²) in [7, 11) is 0. The molecule has 0 aliphatic heterocycles. The molecule has 1 aromatic heterocycles. The Bertz CT molecular complexity index is 562. The lowest BCUT2D eigenvalue weighted by Gasteiger charge is -2.39. The topological polar surface area (TPSA) is 79.5 Å². The van der Waals surface area contributed by atoms with Crippen LogP contribution in [-0.4, -0.2) is 33.2 Å². The van der Waals surface area contributed by atoms with Crippen LogP contribution in [0.4, 0.5) is 4.79 Å². The molecule has 5 heteroatoms. The SMILES string of the molecule is C=CC[C@@H](c1cc(C(C)(C)CN)ccn1)N(C(=O)O)C(C)(C)C. The quantitative estimate of drug-likeness (QED) is 0.783. The van der Waals surface area contributed by atoms with Gasteiger partial charge in [-0.15, -0.1) is 6.58 Å². The van der Waals surface area contributed by atoms with Gasteiger partial charge in [0.2, 0.25) is 0 Å². The van der Waals surface area contributed by atoms with Gasteiger partial charge in [-0.05, 0) is 44.9 Å². The molecule has 0 radical (unpaired) electrons. The number of hydrogen-bond acceptors (Lipinski definition) is 3. The minimum Gasteiger partial charge on any atom is -0.465 e. The molecule has 0 unspecified atom stereocenters. The molecule has 1 amide bonds. The summed E-state index contributed by atoms with van der Waals surface area (Å²) in [5, 5.41) is 9.69. The van der Waals surface area contributed by atoms with Crippen molar-refractivity contribution in [2.45, 2.75) is 58.0 Å². The minimum absolute atomic E-state index is 0.188. The zero-order valence-corrected chi connectivity index (χ0v) is 14.8. The number of hydrogen-bond donors (Lipinski definition) is 2. The molecule has 5 nitrogen and oxygen atoms in total. The van der Waals surface area contributed by atoms with Crippen molar-refractivity contribution in [1.29, 1.82) is 0 Å². The van der Waals surface area contributed by atoms with Gasteiger partial charge in [0, 0.05) is 23.7 Å². The summed E-state index contributed by atoms with van der Waals surface area (Å²) < 4.78 is 0. The third-order valence-corrected chi connectivity index (χ3v) is 4.04. The van der Waals surface area contributed by atoms with E-state index < -0.39 is 11.6 Å². The highest BCUT2D eigenvalue weighted by molar-refractivity contribution is 5.66. The van der Waals surface area contributed by atoms with Crippen LogP contribution in [0.1, 0.15) is 58.3 Å². The molecule has 0 spiro atoms. The van der Waals surface area contributed by atoms with Crippen LogP contribution >= 0.6 is 0 Å². The lowest BCUT2D eigenvalue weighted by molar-refractivity contribution is 0.0691. The first-order valence-corrected chi connectivity index (χ1v) is 7.84. The van der Waals surface area contributed by atoms with Crippen molar-refractivity contribution in [3.63, 3.8) is 0 Å². The fourth-order valence-electron chi connectivity index (χ4n) is 2.57. The highest BCUT2D eigenvalue weighted by Gasteiger charge is 2.34. The van der Waals surface area contributed by atoms with Crippen molar-refractivity contribution < 1.29 is 9.90 Å². The van der Waals surface area contributed by atoms with Crippen LogP contribution in [-0.2, 0) is 5.41 Å². The van der Waals surface area contributed by atoms with Gasteiger partial charge in [0.1, 0.15) is 0 Å². The Morgan fingerprint density at radius 3 is 2.48 bits per heavy atom. The van der Waals surface area contributed by atoms with E-state index in [-0.39, 0.29) is 11.5 Å². The largest absolute Gasteiger partial charge is 0.465 e. The maximum Gasteiger partial charge on any atom is 0.408 e. The minimum atomic E-state index is -0.963. The first kappa shape index (κ1) is 19.2. The Morgan fingerprint density at radius 1 is 1.43 bits per heavy atom. The highest BCUT2D eigenvalue weighted by Crippen LogP contribution is 2.32. The third kappa shape index (κ3) is 4.55. The molecule has 1 atom stereocenters. The smallest absolute Gasteiger partial charge is 0.408 e. The molecule has 0 aromatic carbocycles.